The number of hydrogen-bond acceptors (Lipinski definition) is 7. The van der Waals surface area contributed by atoms with Gasteiger partial charge in [0.1, 0.15) is 5.82 Å². The van der Waals surface area contributed by atoms with E-state index in [0.717, 1.165) is 18.9 Å². The first-order valence-corrected chi connectivity index (χ1v) is 16.3. The zero-order chi connectivity index (χ0) is 35.5. The first-order chi connectivity index (χ1) is 23.9. The third-order valence-corrected chi connectivity index (χ3v) is 8.86. The number of halogens is 5. The Labute approximate surface area is 285 Å². The lowest BCUT2D eigenvalue weighted by molar-refractivity contribution is -0.136. The molecule has 50 heavy (non-hydrogen) atoms. The topological polar surface area (TPSA) is 107 Å². The molecule has 0 aliphatic carbocycles. The Balaban J connectivity index is 1.07. The minimum absolute atomic E-state index is 0.0277. The van der Waals surface area contributed by atoms with Crippen LogP contribution in [0.1, 0.15) is 59.5 Å². The largest absolute Gasteiger partial charge is 0.418 e. The smallest absolute Gasteiger partial charge is 0.418 e. The minimum atomic E-state index is -4.61. The fraction of sp³-hybridized carbons (Fsp3) is 0.371. The van der Waals surface area contributed by atoms with E-state index in [4.69, 9.17) is 4.42 Å². The highest BCUT2D eigenvalue weighted by Gasteiger charge is 2.38. The van der Waals surface area contributed by atoms with Crippen LogP contribution in [0.15, 0.2) is 77.3 Å². The van der Waals surface area contributed by atoms with Crippen molar-refractivity contribution in [3.8, 4) is 0 Å². The Morgan fingerprint density at radius 2 is 1.54 bits per heavy atom. The maximum absolute atomic E-state index is 14.6. The highest BCUT2D eigenvalue weighted by Crippen LogP contribution is 2.36. The summed E-state index contributed by atoms with van der Waals surface area (Å²) >= 11 is 0. The van der Waals surface area contributed by atoms with Crippen molar-refractivity contribution >= 4 is 35.1 Å². The van der Waals surface area contributed by atoms with Crippen LogP contribution in [0.5, 0.6) is 0 Å². The number of pyridine rings is 1. The van der Waals surface area contributed by atoms with Crippen LogP contribution in [0.3, 0.4) is 0 Å². The van der Waals surface area contributed by atoms with E-state index in [1.807, 2.05) is 23.1 Å². The zero-order valence-electron chi connectivity index (χ0n) is 27.2. The van der Waals surface area contributed by atoms with Crippen LogP contribution in [0.4, 0.5) is 50.0 Å². The summed E-state index contributed by atoms with van der Waals surface area (Å²) in [5, 5.41) is 4.95. The van der Waals surface area contributed by atoms with E-state index in [1.165, 1.54) is 34.9 Å². The Kier molecular flexibility index (Phi) is 9.93. The van der Waals surface area contributed by atoms with Crippen LogP contribution >= 0.6 is 0 Å². The number of nitrogens with zero attached hydrogens (tertiary/aromatic N) is 5. The lowest BCUT2D eigenvalue weighted by Gasteiger charge is -2.31. The molecule has 4 aromatic rings. The van der Waals surface area contributed by atoms with E-state index in [-0.39, 0.29) is 23.9 Å². The summed E-state index contributed by atoms with van der Waals surface area (Å²) in [6, 6.07) is 17.4. The molecule has 0 radical (unpaired) electrons. The predicted octanol–water partition coefficient (Wildman–Crippen LogP) is 7.58. The number of aromatic nitrogens is 2. The molecule has 0 saturated carbocycles. The van der Waals surface area contributed by atoms with Crippen molar-refractivity contribution in [2.24, 2.45) is 0 Å². The summed E-state index contributed by atoms with van der Waals surface area (Å²) in [6.07, 6.45) is -1.14. The molecular formula is C35H36F5N7O3. The first kappa shape index (κ1) is 34.6. The number of amides is 3. The Morgan fingerprint density at radius 1 is 0.820 bits per heavy atom. The van der Waals surface area contributed by atoms with Crippen molar-refractivity contribution in [2.75, 3.05) is 59.7 Å². The van der Waals surface area contributed by atoms with Crippen LogP contribution in [0.25, 0.3) is 0 Å². The fourth-order valence-corrected chi connectivity index (χ4v) is 6.24. The molecule has 2 aromatic carbocycles. The molecule has 2 aliphatic heterocycles. The summed E-state index contributed by atoms with van der Waals surface area (Å²) in [4.78, 5) is 39.7. The lowest BCUT2D eigenvalue weighted by atomic mass is 9.90. The molecule has 2 aliphatic rings. The van der Waals surface area contributed by atoms with Crippen LogP contribution < -0.4 is 20.4 Å². The molecule has 0 bridgehead atoms. The van der Waals surface area contributed by atoms with E-state index < -0.39 is 41.1 Å². The zero-order valence-corrected chi connectivity index (χ0v) is 27.2. The van der Waals surface area contributed by atoms with Gasteiger partial charge < -0.3 is 29.8 Å². The van der Waals surface area contributed by atoms with E-state index in [2.05, 4.69) is 32.7 Å². The number of hydrogen-bond donors (Lipinski definition) is 2. The molecular weight excluding hydrogens is 661 g/mol. The molecule has 2 saturated heterocycles. The number of carbonyl (C=O) groups excluding carboxylic acids is 2. The summed E-state index contributed by atoms with van der Waals surface area (Å²) in [5.74, 6) is -4.04. The SMILES string of the molecule is CC(F)(F)c1nc(N2CCC(c3ccccc3)CC2)oc1C(=O)Nc1ccc(N2CCCN(C(=O)Nc3ccccc3C(F)(F)F)CC2)nc1. The standard InChI is InChI=1S/C35H36F5N7O3/c1-34(36,37)30-29(50-33(44-30)47-18-14-24(15-19-47)23-8-3-2-4-9-23)31(48)42-25-12-13-28(41-22-25)45-16-7-17-46(21-20-45)32(49)43-27-11-6-5-10-26(27)35(38,39)40/h2-6,8-13,22,24H,7,14-21H2,1H3,(H,42,48)(H,43,49). The van der Waals surface area contributed by atoms with Gasteiger partial charge in [-0.3, -0.25) is 4.79 Å². The minimum Gasteiger partial charge on any atom is -0.418 e. The van der Waals surface area contributed by atoms with Crippen molar-refractivity contribution in [1.29, 1.82) is 0 Å². The van der Waals surface area contributed by atoms with Gasteiger partial charge in [0.15, 0.2) is 5.69 Å². The number of rotatable bonds is 7. The third-order valence-electron chi connectivity index (χ3n) is 8.86. The van der Waals surface area contributed by atoms with Crippen molar-refractivity contribution in [3.63, 3.8) is 0 Å². The second-order valence-corrected chi connectivity index (χ2v) is 12.4. The fourth-order valence-electron chi connectivity index (χ4n) is 6.24. The average Bonchev–Trinajstić information content (AvgIpc) is 3.42. The molecule has 0 unspecified atom stereocenters. The van der Waals surface area contributed by atoms with E-state index in [0.29, 0.717) is 57.8 Å². The van der Waals surface area contributed by atoms with E-state index in [9.17, 15) is 31.5 Å². The molecule has 0 atom stereocenters. The van der Waals surface area contributed by atoms with Gasteiger partial charge in [0.25, 0.3) is 17.8 Å². The van der Waals surface area contributed by atoms with Gasteiger partial charge in [0.2, 0.25) is 5.76 Å². The van der Waals surface area contributed by atoms with Gasteiger partial charge in [-0.1, -0.05) is 42.5 Å². The van der Waals surface area contributed by atoms with E-state index >= 15 is 0 Å². The Morgan fingerprint density at radius 3 is 2.22 bits per heavy atom. The molecule has 10 nitrogen and oxygen atoms in total. The predicted molar refractivity (Wildman–Crippen MR) is 178 cm³/mol. The van der Waals surface area contributed by atoms with Crippen molar-refractivity contribution in [1.82, 2.24) is 14.9 Å². The molecule has 264 valence electrons. The molecule has 4 heterocycles. The summed E-state index contributed by atoms with van der Waals surface area (Å²) in [5.41, 5.74) is -0.534. The molecule has 2 N–H and O–H groups in total. The molecule has 15 heteroatoms. The molecule has 2 fully saturated rings. The van der Waals surface area contributed by atoms with Crippen molar-refractivity contribution in [2.45, 2.75) is 44.2 Å². The van der Waals surface area contributed by atoms with Crippen molar-refractivity contribution in [3.05, 3.63) is 95.5 Å². The summed E-state index contributed by atoms with van der Waals surface area (Å²) in [6.45, 7) is 3.14. The van der Waals surface area contributed by atoms with Crippen LogP contribution in [-0.2, 0) is 12.1 Å². The van der Waals surface area contributed by atoms with Gasteiger partial charge in [-0.25, -0.2) is 9.78 Å². The maximum atomic E-state index is 14.6. The quantitative estimate of drug-likeness (QED) is 0.192. The number of anilines is 4. The number of para-hydroxylation sites is 1. The number of urea groups is 1. The Bertz CT molecular complexity index is 1790. The second-order valence-electron chi connectivity index (χ2n) is 12.4. The van der Waals surface area contributed by atoms with Gasteiger partial charge in [-0.15, -0.1) is 0 Å². The number of alkyl halides is 5. The highest BCUT2D eigenvalue weighted by molar-refractivity contribution is 6.03. The third kappa shape index (κ3) is 7.98. The maximum Gasteiger partial charge on any atom is 0.418 e. The van der Waals surface area contributed by atoms with Gasteiger partial charge in [0, 0.05) is 46.2 Å². The lowest BCUT2D eigenvalue weighted by Crippen LogP contribution is -2.38. The van der Waals surface area contributed by atoms with Crippen LogP contribution in [0.2, 0.25) is 0 Å². The summed E-state index contributed by atoms with van der Waals surface area (Å²) in [7, 11) is 0. The number of oxazole rings is 1. The summed E-state index contributed by atoms with van der Waals surface area (Å²) < 4.78 is 75.0. The highest BCUT2D eigenvalue weighted by atomic mass is 19.4. The molecule has 3 amide bonds. The van der Waals surface area contributed by atoms with Crippen molar-refractivity contribution < 1.29 is 36.0 Å². The first-order valence-electron chi connectivity index (χ1n) is 16.3. The number of benzene rings is 2. The van der Waals surface area contributed by atoms with Crippen LogP contribution in [-0.4, -0.2) is 66.1 Å². The molecule has 2 aromatic heterocycles. The number of carbonyl (C=O) groups is 2. The van der Waals surface area contributed by atoms with Crippen LogP contribution in [0, 0.1) is 0 Å². The van der Waals surface area contributed by atoms with Gasteiger partial charge in [0.05, 0.1) is 23.1 Å². The van der Waals surface area contributed by atoms with Gasteiger partial charge in [-0.2, -0.15) is 26.9 Å². The number of piperidine rings is 1. The van der Waals surface area contributed by atoms with Gasteiger partial charge >= 0.3 is 12.2 Å². The molecule has 0 spiro atoms. The molecule has 6 rings (SSSR count). The average molecular weight is 698 g/mol. The second kappa shape index (κ2) is 14.3. The number of nitrogens with one attached hydrogen (secondary N) is 2. The van der Waals surface area contributed by atoms with E-state index in [1.54, 1.807) is 17.0 Å². The Hall–Kier alpha value is -5.21. The normalized spacial score (nSPS) is 16.2. The monoisotopic (exact) mass is 697 g/mol. The van der Waals surface area contributed by atoms with Gasteiger partial charge in [-0.05, 0) is 55.0 Å².